The molecule has 0 bridgehead atoms. The van der Waals surface area contributed by atoms with Crippen LogP contribution >= 0.6 is 11.6 Å². The van der Waals surface area contributed by atoms with Crippen molar-refractivity contribution in [3.63, 3.8) is 0 Å². The van der Waals surface area contributed by atoms with Crippen LogP contribution in [0.5, 0.6) is 0 Å². The number of furan rings is 1. The van der Waals surface area contributed by atoms with Crippen LogP contribution in [0, 0.1) is 13.8 Å². The summed E-state index contributed by atoms with van der Waals surface area (Å²) < 4.78 is 5.11. The minimum absolute atomic E-state index is 0.0839. The van der Waals surface area contributed by atoms with E-state index in [2.05, 4.69) is 0 Å². The van der Waals surface area contributed by atoms with Gasteiger partial charge in [-0.1, -0.05) is 11.6 Å². The molecule has 0 aliphatic rings. The van der Waals surface area contributed by atoms with Crippen molar-refractivity contribution in [3.8, 4) is 0 Å². The Morgan fingerprint density at radius 2 is 2.10 bits per heavy atom. The van der Waals surface area contributed by atoms with Gasteiger partial charge in [0.25, 0.3) is 0 Å². The molecule has 0 saturated heterocycles. The van der Waals surface area contributed by atoms with Gasteiger partial charge < -0.3 is 9.52 Å². The van der Waals surface area contributed by atoms with E-state index in [1.54, 1.807) is 6.92 Å². The molecule has 1 rings (SSSR count). The number of hydrogen-bond acceptors (Lipinski definition) is 2. The Bertz CT molecular complexity index is 240. The van der Waals surface area contributed by atoms with E-state index < -0.39 is 0 Å². The van der Waals surface area contributed by atoms with E-state index in [0.29, 0.717) is 16.5 Å². The van der Waals surface area contributed by atoms with Crippen LogP contribution in [0.25, 0.3) is 0 Å². The first-order valence-electron chi connectivity index (χ1n) is 3.02. The lowest BCUT2D eigenvalue weighted by Gasteiger charge is -1.87. The maximum Gasteiger partial charge on any atom is 0.134 e. The molecule has 3 heteroatoms. The molecule has 0 spiro atoms. The van der Waals surface area contributed by atoms with E-state index in [0.717, 1.165) is 5.56 Å². The molecule has 56 valence electrons. The van der Waals surface area contributed by atoms with Crippen LogP contribution in [0.3, 0.4) is 0 Å². The summed E-state index contributed by atoms with van der Waals surface area (Å²) in [6.07, 6.45) is 0. The van der Waals surface area contributed by atoms with E-state index in [9.17, 15) is 0 Å². The fourth-order valence-corrected chi connectivity index (χ4v) is 0.987. The first kappa shape index (κ1) is 7.63. The average Bonchev–Trinajstić information content (AvgIpc) is 2.17. The fourth-order valence-electron chi connectivity index (χ4n) is 0.843. The lowest BCUT2D eigenvalue weighted by molar-refractivity contribution is 0.244. The summed E-state index contributed by atoms with van der Waals surface area (Å²) in [7, 11) is 0. The smallest absolute Gasteiger partial charge is 0.134 e. The molecule has 10 heavy (non-hydrogen) atoms. The normalized spacial score (nSPS) is 10.4. The number of aliphatic hydroxyl groups excluding tert-OH is 1. The minimum atomic E-state index is -0.0839. The maximum absolute atomic E-state index is 8.70. The van der Waals surface area contributed by atoms with Gasteiger partial charge in [-0.25, -0.2) is 0 Å². The average molecular weight is 161 g/mol. The third-order valence-electron chi connectivity index (χ3n) is 1.48. The van der Waals surface area contributed by atoms with E-state index in [4.69, 9.17) is 21.1 Å². The van der Waals surface area contributed by atoms with Crippen molar-refractivity contribution in [1.29, 1.82) is 0 Å². The van der Waals surface area contributed by atoms with Crippen LogP contribution in [0.15, 0.2) is 4.42 Å². The van der Waals surface area contributed by atoms with Gasteiger partial charge in [-0.2, -0.15) is 0 Å². The van der Waals surface area contributed by atoms with E-state index in [-0.39, 0.29) is 6.61 Å². The second-order valence-corrected chi connectivity index (χ2v) is 2.56. The number of hydrogen-bond donors (Lipinski definition) is 1. The van der Waals surface area contributed by atoms with Crippen molar-refractivity contribution in [2.75, 3.05) is 0 Å². The zero-order valence-corrected chi connectivity index (χ0v) is 6.70. The van der Waals surface area contributed by atoms with Crippen LogP contribution in [-0.2, 0) is 6.61 Å². The predicted molar refractivity (Wildman–Crippen MR) is 39.1 cm³/mol. The number of halogens is 1. The highest BCUT2D eigenvalue weighted by atomic mass is 35.5. The van der Waals surface area contributed by atoms with E-state index >= 15 is 0 Å². The summed E-state index contributed by atoms with van der Waals surface area (Å²) in [6, 6.07) is 0. The molecule has 0 amide bonds. The second-order valence-electron chi connectivity index (χ2n) is 2.18. The van der Waals surface area contributed by atoms with Gasteiger partial charge in [0.2, 0.25) is 0 Å². The number of aryl methyl sites for hydroxylation is 1. The lowest BCUT2D eigenvalue weighted by atomic mass is 10.3. The van der Waals surface area contributed by atoms with Gasteiger partial charge in [0, 0.05) is 5.56 Å². The number of aliphatic hydroxyl groups is 1. The Kier molecular flexibility index (Phi) is 2.02. The van der Waals surface area contributed by atoms with Crippen molar-refractivity contribution in [3.05, 3.63) is 22.1 Å². The monoisotopic (exact) mass is 160 g/mol. The van der Waals surface area contributed by atoms with Crippen molar-refractivity contribution >= 4 is 11.6 Å². The molecule has 1 N–H and O–H groups in total. The number of rotatable bonds is 1. The summed E-state index contributed by atoms with van der Waals surface area (Å²) in [6.45, 7) is 3.51. The van der Waals surface area contributed by atoms with Gasteiger partial charge in [-0.15, -0.1) is 0 Å². The molecule has 1 aromatic heterocycles. The Labute approximate surface area is 64.4 Å². The SMILES string of the molecule is Cc1oc(CO)c(C)c1Cl. The molecule has 0 atom stereocenters. The van der Waals surface area contributed by atoms with Gasteiger partial charge in [0.15, 0.2) is 0 Å². The second kappa shape index (κ2) is 2.64. The van der Waals surface area contributed by atoms with Crippen molar-refractivity contribution in [2.24, 2.45) is 0 Å². The van der Waals surface area contributed by atoms with Crippen LogP contribution in [-0.4, -0.2) is 5.11 Å². The molecule has 0 aromatic carbocycles. The minimum Gasteiger partial charge on any atom is -0.462 e. The Hall–Kier alpha value is -0.470. The van der Waals surface area contributed by atoms with Crippen molar-refractivity contribution in [2.45, 2.75) is 20.5 Å². The fraction of sp³-hybridized carbons (Fsp3) is 0.429. The largest absolute Gasteiger partial charge is 0.462 e. The van der Waals surface area contributed by atoms with Crippen LogP contribution < -0.4 is 0 Å². The van der Waals surface area contributed by atoms with Gasteiger partial charge in [-0.3, -0.25) is 0 Å². The third-order valence-corrected chi connectivity index (χ3v) is 2.03. The molecular weight excluding hydrogens is 152 g/mol. The lowest BCUT2D eigenvalue weighted by Crippen LogP contribution is -1.80. The van der Waals surface area contributed by atoms with Crippen LogP contribution in [0.4, 0.5) is 0 Å². The van der Waals surface area contributed by atoms with Gasteiger partial charge >= 0.3 is 0 Å². The standard InChI is InChI=1S/C7H9ClO2/c1-4-6(3-9)10-5(2)7(4)8/h9H,3H2,1-2H3. The molecule has 0 saturated carbocycles. The summed E-state index contributed by atoms with van der Waals surface area (Å²) in [4.78, 5) is 0. The van der Waals surface area contributed by atoms with E-state index in [1.807, 2.05) is 6.92 Å². The summed E-state index contributed by atoms with van der Waals surface area (Å²) >= 11 is 5.77. The highest BCUT2D eigenvalue weighted by Gasteiger charge is 2.09. The first-order chi connectivity index (χ1) is 4.66. The molecule has 1 aromatic rings. The molecule has 0 aliphatic carbocycles. The molecule has 0 unspecified atom stereocenters. The molecule has 2 nitrogen and oxygen atoms in total. The molecule has 1 heterocycles. The highest BCUT2D eigenvalue weighted by Crippen LogP contribution is 2.25. The maximum atomic E-state index is 8.70. The van der Waals surface area contributed by atoms with Gasteiger partial charge in [-0.05, 0) is 13.8 Å². The predicted octanol–water partition coefficient (Wildman–Crippen LogP) is 2.04. The van der Waals surface area contributed by atoms with Crippen LogP contribution in [0.2, 0.25) is 5.02 Å². The van der Waals surface area contributed by atoms with Crippen molar-refractivity contribution in [1.82, 2.24) is 0 Å². The van der Waals surface area contributed by atoms with E-state index in [1.165, 1.54) is 0 Å². The van der Waals surface area contributed by atoms with Gasteiger partial charge in [0.1, 0.15) is 18.1 Å². The quantitative estimate of drug-likeness (QED) is 0.682. The van der Waals surface area contributed by atoms with Crippen LogP contribution in [0.1, 0.15) is 17.1 Å². The Morgan fingerprint density at radius 1 is 1.50 bits per heavy atom. The van der Waals surface area contributed by atoms with Crippen molar-refractivity contribution < 1.29 is 9.52 Å². The topological polar surface area (TPSA) is 33.4 Å². The molecule has 0 fully saturated rings. The zero-order valence-electron chi connectivity index (χ0n) is 5.94. The summed E-state index contributed by atoms with van der Waals surface area (Å²) in [5, 5.41) is 9.32. The third kappa shape index (κ3) is 1.04. The highest BCUT2D eigenvalue weighted by molar-refractivity contribution is 6.32. The first-order valence-corrected chi connectivity index (χ1v) is 3.39. The molecule has 0 aliphatic heterocycles. The van der Waals surface area contributed by atoms with Gasteiger partial charge in [0.05, 0.1) is 5.02 Å². The molecular formula is C7H9ClO2. The summed E-state index contributed by atoms with van der Waals surface area (Å²) in [5.74, 6) is 1.23. The Balaban J connectivity index is 3.17. The molecule has 0 radical (unpaired) electrons. The zero-order chi connectivity index (χ0) is 7.72. The summed E-state index contributed by atoms with van der Waals surface area (Å²) in [5.41, 5.74) is 0.835. The Morgan fingerprint density at radius 3 is 2.30 bits per heavy atom.